The van der Waals surface area contributed by atoms with Crippen molar-refractivity contribution in [2.75, 3.05) is 45.5 Å². The number of carbonyl (C=O) groups excluding carboxylic acids is 3. The smallest absolute Gasteiger partial charge is 0.351 e. The van der Waals surface area contributed by atoms with Crippen LogP contribution >= 0.6 is 11.3 Å². The Bertz CT molecular complexity index is 1390. The van der Waals surface area contributed by atoms with Gasteiger partial charge in [-0.1, -0.05) is 31.7 Å². The predicted octanol–water partition coefficient (Wildman–Crippen LogP) is 4.45. The van der Waals surface area contributed by atoms with Gasteiger partial charge in [0.25, 0.3) is 0 Å². The molecule has 4 aliphatic rings. The molecule has 11 nitrogen and oxygen atoms in total. The lowest BCUT2D eigenvalue weighted by atomic mass is 9.89. The average molecular weight is 747 g/mol. The van der Waals surface area contributed by atoms with Gasteiger partial charge in [-0.15, -0.1) is 11.3 Å². The van der Waals surface area contributed by atoms with Gasteiger partial charge in [0, 0.05) is 49.7 Å². The number of thiophene rings is 1. The van der Waals surface area contributed by atoms with E-state index < -0.39 is 40.7 Å². The van der Waals surface area contributed by atoms with E-state index in [1.807, 2.05) is 22.4 Å². The normalized spacial score (nSPS) is 23.5. The molecule has 16 heteroatoms. The molecule has 3 N–H and O–H groups in total. The fourth-order valence-corrected chi connectivity index (χ4v) is 9.16. The molecule has 1 aromatic rings. The summed E-state index contributed by atoms with van der Waals surface area (Å²) in [4.78, 5) is 45.8. The summed E-state index contributed by atoms with van der Waals surface area (Å²) in [6.07, 6.45) is 6.83. The Morgan fingerprint density at radius 1 is 1.02 bits per heavy atom. The number of carbonyl (C=O) groups is 3. The molecule has 0 bridgehead atoms. The summed E-state index contributed by atoms with van der Waals surface area (Å²) in [6.45, 7) is 0.376. The monoisotopic (exact) mass is 746 g/mol. The Balaban J connectivity index is 1.24. The lowest BCUT2D eigenvalue weighted by Gasteiger charge is -2.41. The predicted molar refractivity (Wildman–Crippen MR) is 186 cm³/mol. The Kier molecular flexibility index (Phi) is 13.1. The van der Waals surface area contributed by atoms with Gasteiger partial charge in [0.15, 0.2) is 0 Å². The number of halogens is 3. The molecule has 2 saturated heterocycles. The molecular weight excluding hydrogens is 694 g/mol. The van der Waals surface area contributed by atoms with Crippen molar-refractivity contribution in [3.8, 4) is 0 Å². The van der Waals surface area contributed by atoms with Gasteiger partial charge in [0.05, 0.1) is 24.8 Å². The summed E-state index contributed by atoms with van der Waals surface area (Å²) in [5.41, 5.74) is 0.422. The van der Waals surface area contributed by atoms with Gasteiger partial charge in [0.1, 0.15) is 6.54 Å². The van der Waals surface area contributed by atoms with Crippen LogP contribution in [0.25, 0.3) is 0 Å². The number of piperidine rings is 2. The van der Waals surface area contributed by atoms with Gasteiger partial charge >= 0.3 is 12.2 Å². The number of likely N-dealkylation sites (tertiary alicyclic amines) is 2. The van der Waals surface area contributed by atoms with Crippen LogP contribution in [-0.2, 0) is 26.2 Å². The average Bonchev–Trinajstić information content (AvgIpc) is 3.60. The van der Waals surface area contributed by atoms with E-state index in [1.165, 1.54) is 24.2 Å². The molecule has 2 aliphatic heterocycles. The van der Waals surface area contributed by atoms with Crippen LogP contribution in [0.2, 0.25) is 0 Å². The van der Waals surface area contributed by atoms with Crippen LogP contribution in [0.5, 0.6) is 0 Å². The summed E-state index contributed by atoms with van der Waals surface area (Å²) < 4.78 is 63.6. The second-order valence-corrected chi connectivity index (χ2v) is 17.8. The molecule has 0 aromatic carbocycles. The standard InChI is InChI=1S/C34H53F3N6O5S2/c1-50(47,48)43(24-34(35,36)37)17-6-5-11-29(39-25-8-3-2-4-9-25)31(45)42-18-12-28(27(23-42)30(44)38-22-26-10-7-21-49-26)40-32(46)41-19-15-33(13-14-33)16-20-41/h7,10,21,25,27-29,39H,2-6,8-9,11-20,22-24H2,1H3,(H,38,44)(H,40,46)/t27-,28+,29?/m0/s1. The lowest BCUT2D eigenvalue weighted by molar-refractivity contribution is -0.138. The number of hydrogen-bond donors (Lipinski definition) is 3. The van der Waals surface area contributed by atoms with Gasteiger partial charge in [-0.2, -0.15) is 17.5 Å². The largest absolute Gasteiger partial charge is 0.402 e. The summed E-state index contributed by atoms with van der Waals surface area (Å²) >= 11 is 1.53. The first kappa shape index (κ1) is 38.8. The van der Waals surface area contributed by atoms with Crippen molar-refractivity contribution in [2.24, 2.45) is 11.3 Å². The van der Waals surface area contributed by atoms with E-state index in [0.29, 0.717) is 55.2 Å². The van der Waals surface area contributed by atoms with Crippen LogP contribution in [0.15, 0.2) is 17.5 Å². The molecule has 2 saturated carbocycles. The van der Waals surface area contributed by atoms with Gasteiger partial charge in [0.2, 0.25) is 21.8 Å². The molecule has 1 unspecified atom stereocenters. The highest BCUT2D eigenvalue weighted by Crippen LogP contribution is 2.53. The van der Waals surface area contributed by atoms with Crippen LogP contribution in [0.3, 0.4) is 0 Å². The fourth-order valence-electron chi connectivity index (χ4n) is 7.67. The molecule has 5 rings (SSSR count). The lowest BCUT2D eigenvalue weighted by Crippen LogP contribution is -2.61. The molecule has 1 aromatic heterocycles. The third-order valence-electron chi connectivity index (χ3n) is 11.0. The van der Waals surface area contributed by atoms with Gasteiger partial charge in [-0.3, -0.25) is 9.59 Å². The highest BCUT2D eigenvalue weighted by atomic mass is 32.2. The molecular formula is C34H53F3N6O5S2. The van der Waals surface area contributed by atoms with E-state index in [0.717, 1.165) is 56.1 Å². The zero-order valence-corrected chi connectivity index (χ0v) is 30.6. The number of nitrogens with one attached hydrogen (secondary N) is 3. The zero-order chi connectivity index (χ0) is 35.9. The minimum atomic E-state index is -4.66. The van der Waals surface area contributed by atoms with Crippen molar-refractivity contribution in [3.63, 3.8) is 0 Å². The second-order valence-electron chi connectivity index (χ2n) is 14.8. The minimum absolute atomic E-state index is 0.122. The first-order valence-electron chi connectivity index (χ1n) is 18.1. The van der Waals surface area contributed by atoms with Crippen molar-refractivity contribution in [1.29, 1.82) is 0 Å². The maximum Gasteiger partial charge on any atom is 0.402 e. The van der Waals surface area contributed by atoms with Crippen LogP contribution in [0, 0.1) is 11.3 Å². The summed E-state index contributed by atoms with van der Waals surface area (Å²) in [5, 5.41) is 11.6. The molecule has 1 spiro atoms. The van der Waals surface area contributed by atoms with E-state index in [2.05, 4.69) is 16.0 Å². The van der Waals surface area contributed by atoms with Crippen molar-refractivity contribution in [3.05, 3.63) is 22.4 Å². The van der Waals surface area contributed by atoms with E-state index in [-0.39, 0.29) is 43.4 Å². The van der Waals surface area contributed by atoms with E-state index in [1.54, 1.807) is 4.90 Å². The molecule has 282 valence electrons. The van der Waals surface area contributed by atoms with Gasteiger partial charge < -0.3 is 25.8 Å². The Morgan fingerprint density at radius 3 is 2.36 bits per heavy atom. The van der Waals surface area contributed by atoms with Crippen LogP contribution in [-0.4, -0.2) is 110 Å². The van der Waals surface area contributed by atoms with Crippen LogP contribution in [0.1, 0.15) is 88.3 Å². The molecule has 4 amide bonds. The molecule has 3 atom stereocenters. The highest BCUT2D eigenvalue weighted by molar-refractivity contribution is 7.88. The quantitative estimate of drug-likeness (QED) is 0.241. The number of urea groups is 1. The Hall–Kier alpha value is -2.43. The number of nitrogens with zero attached hydrogens (tertiary/aromatic N) is 3. The van der Waals surface area contributed by atoms with Gasteiger partial charge in [-0.05, 0) is 74.6 Å². The van der Waals surface area contributed by atoms with Gasteiger partial charge in [-0.25, -0.2) is 13.2 Å². The third kappa shape index (κ3) is 11.3. The number of unbranched alkanes of at least 4 members (excludes halogenated alkanes) is 1. The third-order valence-corrected chi connectivity index (χ3v) is 13.1. The number of alkyl halides is 3. The maximum absolute atomic E-state index is 14.2. The second kappa shape index (κ2) is 16.9. The zero-order valence-electron chi connectivity index (χ0n) is 29.0. The number of rotatable bonds is 14. The SMILES string of the molecule is CS(=O)(=O)N(CCCCC(NC1CCCCC1)C(=O)N1CC[C@@H](NC(=O)N2CCC3(CC2)CC3)[C@@H](C(=O)NCc2cccs2)C1)CC(F)(F)F. The van der Waals surface area contributed by atoms with E-state index in [4.69, 9.17) is 0 Å². The fraction of sp³-hybridized carbons (Fsp3) is 0.794. The highest BCUT2D eigenvalue weighted by Gasteiger charge is 2.46. The van der Waals surface area contributed by atoms with Crippen LogP contribution < -0.4 is 16.0 Å². The van der Waals surface area contributed by atoms with Crippen molar-refractivity contribution in [2.45, 2.75) is 114 Å². The molecule has 3 heterocycles. The summed E-state index contributed by atoms with van der Waals surface area (Å²) in [6, 6.07) is 2.71. The Morgan fingerprint density at radius 2 is 1.74 bits per heavy atom. The molecule has 2 aliphatic carbocycles. The van der Waals surface area contributed by atoms with Crippen LogP contribution in [0.4, 0.5) is 18.0 Å². The number of amides is 4. The van der Waals surface area contributed by atoms with E-state index in [9.17, 15) is 36.0 Å². The Labute approximate surface area is 298 Å². The summed E-state index contributed by atoms with van der Waals surface area (Å²) in [7, 11) is -4.06. The molecule has 50 heavy (non-hydrogen) atoms. The molecule has 4 fully saturated rings. The van der Waals surface area contributed by atoms with E-state index >= 15 is 0 Å². The van der Waals surface area contributed by atoms with Crippen molar-refractivity contribution in [1.82, 2.24) is 30.1 Å². The topological polar surface area (TPSA) is 131 Å². The number of hydrogen-bond acceptors (Lipinski definition) is 7. The summed E-state index contributed by atoms with van der Waals surface area (Å²) in [5.74, 6) is -1.09. The molecule has 0 radical (unpaired) electrons. The maximum atomic E-state index is 14.2. The minimum Gasteiger partial charge on any atom is -0.351 e. The number of sulfonamides is 1. The first-order valence-corrected chi connectivity index (χ1v) is 20.9. The van der Waals surface area contributed by atoms with Crippen molar-refractivity contribution >= 4 is 39.2 Å². The first-order chi connectivity index (χ1) is 23.7. The van der Waals surface area contributed by atoms with Crippen molar-refractivity contribution < 1.29 is 36.0 Å².